The Labute approximate surface area is 118 Å². The van der Waals surface area contributed by atoms with Crippen LogP contribution in [0.15, 0.2) is 0 Å². The third-order valence-corrected chi connectivity index (χ3v) is 3.27. The van der Waals surface area contributed by atoms with Crippen LogP contribution < -0.4 is 5.32 Å². The Morgan fingerprint density at radius 2 is 1.78 bits per heavy atom. The van der Waals surface area contributed by atoms with Crippen LogP contribution in [0.4, 0.5) is 0 Å². The third kappa shape index (κ3) is 9.49. The Morgan fingerprint density at radius 1 is 1.17 bits per heavy atom. The number of amides is 1. The topological polar surface area (TPSA) is 55.4 Å². The summed E-state index contributed by atoms with van der Waals surface area (Å²) < 4.78 is 5.13. The van der Waals surface area contributed by atoms with E-state index in [1.807, 2.05) is 0 Å². The van der Waals surface area contributed by atoms with Crippen molar-refractivity contribution in [3.8, 4) is 0 Å². The van der Waals surface area contributed by atoms with Crippen LogP contribution in [-0.2, 0) is 14.3 Å². The van der Waals surface area contributed by atoms with Gasteiger partial charge in [-0.05, 0) is 0 Å². The molecule has 0 aromatic rings. The third-order valence-electron chi connectivity index (χ3n) is 2.57. The molecule has 0 aromatic heterocycles. The first-order valence-electron chi connectivity index (χ1n) is 6.63. The molecule has 0 rings (SSSR count). The van der Waals surface area contributed by atoms with Crippen LogP contribution in [0.2, 0.25) is 5.32 Å². The van der Waals surface area contributed by atoms with E-state index in [1.165, 1.54) is 32.6 Å². The molecule has 1 amide bonds. The van der Waals surface area contributed by atoms with Crippen LogP contribution in [-0.4, -0.2) is 40.5 Å². The molecule has 4 nitrogen and oxygen atoms in total. The van der Waals surface area contributed by atoms with E-state index in [0.29, 0.717) is 11.9 Å². The van der Waals surface area contributed by atoms with Crippen molar-refractivity contribution in [1.29, 1.82) is 0 Å². The molecular weight excluding hydrogens is 297 g/mol. The summed E-state index contributed by atoms with van der Waals surface area (Å²) in [6.07, 6.45) is 6.95. The van der Waals surface area contributed by atoms with Crippen LogP contribution in [0.3, 0.4) is 0 Å². The van der Waals surface area contributed by atoms with Crippen LogP contribution >= 0.6 is 0 Å². The molecule has 0 fully saturated rings. The summed E-state index contributed by atoms with van der Waals surface area (Å²) in [5.74, 6) is -0.565. The van der Waals surface area contributed by atoms with Crippen molar-refractivity contribution in [2.24, 2.45) is 0 Å². The summed E-state index contributed by atoms with van der Waals surface area (Å²) >= 11 is 2.74. The van der Waals surface area contributed by atoms with E-state index in [0.717, 1.165) is 12.8 Å². The molecule has 0 saturated carbocycles. The van der Waals surface area contributed by atoms with Gasteiger partial charge in [0, 0.05) is 0 Å². The summed E-state index contributed by atoms with van der Waals surface area (Å²) in [6.45, 7) is 4.02. The first kappa shape index (κ1) is 17.5. The molecule has 5 heteroatoms. The predicted octanol–water partition coefficient (Wildman–Crippen LogP) is 1.98. The maximum atomic E-state index is 11.6. The zero-order valence-electron chi connectivity index (χ0n) is 11.4. The Kier molecular flexibility index (Phi) is 11.2. The molecule has 0 unspecified atom stereocenters. The zero-order valence-corrected chi connectivity index (χ0v) is 13.1. The Hall–Kier alpha value is -0.541. The average molecular weight is 321 g/mol. The van der Waals surface area contributed by atoms with Crippen molar-refractivity contribution < 1.29 is 14.3 Å². The van der Waals surface area contributed by atoms with E-state index in [9.17, 15) is 9.59 Å². The summed E-state index contributed by atoms with van der Waals surface area (Å²) in [4.78, 5) is 22.4. The Morgan fingerprint density at radius 3 is 2.33 bits per heavy atom. The van der Waals surface area contributed by atoms with Crippen LogP contribution in [0, 0.1) is 0 Å². The van der Waals surface area contributed by atoms with Gasteiger partial charge in [-0.2, -0.15) is 0 Å². The van der Waals surface area contributed by atoms with Gasteiger partial charge in [-0.25, -0.2) is 0 Å². The van der Waals surface area contributed by atoms with Gasteiger partial charge >= 0.3 is 118 Å². The maximum absolute atomic E-state index is 11.6. The van der Waals surface area contributed by atoms with Gasteiger partial charge in [0.2, 0.25) is 0 Å². The molecule has 1 radical (unpaired) electrons. The van der Waals surface area contributed by atoms with Gasteiger partial charge in [0.05, 0.1) is 0 Å². The van der Waals surface area contributed by atoms with E-state index >= 15 is 0 Å². The van der Waals surface area contributed by atoms with Crippen molar-refractivity contribution in [2.45, 2.75) is 63.7 Å². The van der Waals surface area contributed by atoms with Crippen molar-refractivity contribution >= 4 is 27.9 Å². The molecule has 0 heterocycles. The van der Waals surface area contributed by atoms with Crippen LogP contribution in [0.25, 0.3) is 0 Å². The molecule has 0 spiro atoms. The van der Waals surface area contributed by atoms with Gasteiger partial charge in [0.1, 0.15) is 0 Å². The molecule has 18 heavy (non-hydrogen) atoms. The second-order valence-electron chi connectivity index (χ2n) is 4.36. The number of ether oxygens (including phenoxy) is 1. The molecule has 0 saturated heterocycles. The number of rotatable bonds is 10. The van der Waals surface area contributed by atoms with E-state index in [2.05, 4.69) is 28.3 Å². The first-order chi connectivity index (χ1) is 8.61. The molecule has 0 aliphatic rings. The van der Waals surface area contributed by atoms with Gasteiger partial charge in [-0.1, -0.05) is 0 Å². The summed E-state index contributed by atoms with van der Waals surface area (Å²) in [6, 6.07) is -0.553. The fourth-order valence-corrected chi connectivity index (χ4v) is 2.03. The summed E-state index contributed by atoms with van der Waals surface area (Å²) in [5, 5.41) is 2.99. The Balaban J connectivity index is 3.59. The average Bonchev–Trinajstić information content (AvgIpc) is 2.34. The van der Waals surface area contributed by atoms with Gasteiger partial charge in [-0.15, -0.1) is 0 Å². The molecule has 105 valence electrons. The molecule has 1 atom stereocenters. The van der Waals surface area contributed by atoms with Crippen molar-refractivity contribution in [1.82, 2.24) is 5.32 Å². The number of hydrogen-bond acceptors (Lipinski definition) is 3. The fraction of sp³-hybridized carbons (Fsp3) is 0.846. The van der Waals surface area contributed by atoms with Gasteiger partial charge in [-0.3, -0.25) is 0 Å². The number of carbonyl (C=O) groups is 2. The fourth-order valence-electron chi connectivity index (χ4n) is 1.57. The van der Waals surface area contributed by atoms with Gasteiger partial charge in [0.25, 0.3) is 0 Å². The minimum atomic E-state index is -0.553. The minimum absolute atomic E-state index is 0.216. The summed E-state index contributed by atoms with van der Waals surface area (Å²) in [5.41, 5.74) is 0. The van der Waals surface area contributed by atoms with Crippen molar-refractivity contribution in [2.75, 3.05) is 6.61 Å². The quantitative estimate of drug-likeness (QED) is 0.380. The van der Waals surface area contributed by atoms with Crippen molar-refractivity contribution in [3.05, 3.63) is 0 Å². The SMILES string of the molecule is CCCCCCCCOC(=O)[C@H](C[Se])NC(C)=O. The molecule has 0 aliphatic carbocycles. The number of unbranched alkanes of at least 4 members (excludes halogenated alkanes) is 5. The van der Waals surface area contributed by atoms with E-state index in [1.54, 1.807) is 0 Å². The molecular formula is C13H24NO3Se. The molecule has 0 aliphatic heterocycles. The molecule has 0 bridgehead atoms. The summed E-state index contributed by atoms with van der Waals surface area (Å²) in [7, 11) is 0. The van der Waals surface area contributed by atoms with Crippen LogP contribution in [0.1, 0.15) is 52.4 Å². The number of hydrogen-bond donors (Lipinski definition) is 1. The van der Waals surface area contributed by atoms with E-state index in [-0.39, 0.29) is 11.9 Å². The monoisotopic (exact) mass is 322 g/mol. The predicted molar refractivity (Wildman–Crippen MR) is 72.5 cm³/mol. The van der Waals surface area contributed by atoms with Gasteiger partial charge in [0.15, 0.2) is 0 Å². The van der Waals surface area contributed by atoms with E-state index < -0.39 is 6.04 Å². The number of carbonyl (C=O) groups excluding carboxylic acids is 2. The Bertz CT molecular complexity index is 246. The molecule has 1 N–H and O–H groups in total. The van der Waals surface area contributed by atoms with Gasteiger partial charge < -0.3 is 0 Å². The second kappa shape index (κ2) is 11.5. The van der Waals surface area contributed by atoms with Crippen LogP contribution in [0.5, 0.6) is 0 Å². The number of nitrogens with one attached hydrogen (secondary N) is 1. The van der Waals surface area contributed by atoms with Crippen molar-refractivity contribution in [3.63, 3.8) is 0 Å². The zero-order chi connectivity index (χ0) is 13.8. The standard InChI is InChI=1S/C13H24NO3Se/c1-3-4-5-6-7-8-9-17-13(16)12(10-18)14-11(2)15/h12H,3-10H2,1-2H3,(H,14,15)/t12-/m0/s1. The first-order valence-corrected chi connectivity index (χ1v) is 7.84. The number of esters is 1. The normalized spacial score (nSPS) is 11.9. The second-order valence-corrected chi connectivity index (χ2v) is 5.05. The van der Waals surface area contributed by atoms with E-state index in [4.69, 9.17) is 4.74 Å². The molecule has 0 aromatic carbocycles.